The highest BCUT2D eigenvalue weighted by atomic mass is 16.1. The van der Waals surface area contributed by atoms with Crippen molar-refractivity contribution < 1.29 is 4.79 Å². The zero-order valence-electron chi connectivity index (χ0n) is 17.8. The number of hydrogen-bond donors (Lipinski definition) is 2. The van der Waals surface area contributed by atoms with Gasteiger partial charge in [-0.25, -0.2) is 0 Å². The first-order valence-corrected chi connectivity index (χ1v) is 10.6. The van der Waals surface area contributed by atoms with Crippen LogP contribution >= 0.6 is 0 Å². The fraction of sp³-hybridized carbons (Fsp3) is 0.400. The van der Waals surface area contributed by atoms with E-state index in [0.29, 0.717) is 0 Å². The number of carbonyl (C=O) groups is 1. The van der Waals surface area contributed by atoms with E-state index >= 15 is 0 Å². The molecule has 3 rings (SSSR count). The molecule has 3 nitrogen and oxygen atoms in total. The molecule has 0 aliphatic carbocycles. The van der Waals surface area contributed by atoms with Crippen LogP contribution in [-0.2, 0) is 24.1 Å². The Hall–Kier alpha value is -2.55. The van der Waals surface area contributed by atoms with Crippen molar-refractivity contribution in [3.8, 4) is 0 Å². The molecule has 1 aliphatic rings. The van der Waals surface area contributed by atoms with Gasteiger partial charge in [0.2, 0.25) is 0 Å². The molecule has 0 atom stereocenters. The average molecular weight is 377 g/mol. The number of carbonyl (C=O) groups excluding carboxylic acids is 1. The molecular weight excluding hydrogens is 344 g/mol. The van der Waals surface area contributed by atoms with E-state index in [4.69, 9.17) is 0 Å². The number of aromatic amines is 1. The monoisotopic (exact) mass is 376 g/mol. The van der Waals surface area contributed by atoms with Gasteiger partial charge >= 0.3 is 0 Å². The summed E-state index contributed by atoms with van der Waals surface area (Å²) in [6, 6.07) is 8.58. The Labute approximate surface area is 168 Å². The first kappa shape index (κ1) is 20.2. The van der Waals surface area contributed by atoms with E-state index in [0.717, 1.165) is 54.6 Å². The lowest BCUT2D eigenvalue weighted by Gasteiger charge is -2.07. The van der Waals surface area contributed by atoms with Gasteiger partial charge in [-0.2, -0.15) is 0 Å². The minimum Gasteiger partial charge on any atom is -0.358 e. The van der Waals surface area contributed by atoms with Crippen molar-refractivity contribution in [1.29, 1.82) is 0 Å². The molecule has 1 amide bonds. The highest BCUT2D eigenvalue weighted by molar-refractivity contribution is 6.01. The van der Waals surface area contributed by atoms with E-state index in [1.807, 2.05) is 0 Å². The van der Waals surface area contributed by atoms with Gasteiger partial charge < -0.3 is 10.3 Å². The van der Waals surface area contributed by atoms with Gasteiger partial charge in [0, 0.05) is 29.1 Å². The lowest BCUT2D eigenvalue weighted by atomic mass is 9.97. The topological polar surface area (TPSA) is 44.9 Å². The summed E-state index contributed by atoms with van der Waals surface area (Å²) in [7, 11) is 0. The van der Waals surface area contributed by atoms with E-state index < -0.39 is 0 Å². The Morgan fingerprint density at radius 2 is 1.57 bits per heavy atom. The largest absolute Gasteiger partial charge is 0.358 e. The summed E-state index contributed by atoms with van der Waals surface area (Å²) in [6.07, 6.45) is 6.69. The van der Waals surface area contributed by atoms with Crippen LogP contribution in [-0.4, -0.2) is 10.9 Å². The molecule has 1 aliphatic heterocycles. The third kappa shape index (κ3) is 3.71. The molecule has 0 unspecified atom stereocenters. The quantitative estimate of drug-likeness (QED) is 0.646. The molecule has 0 fully saturated rings. The number of allylic oxidation sites excluding steroid dienone is 1. The molecule has 0 saturated heterocycles. The van der Waals surface area contributed by atoms with E-state index in [9.17, 15) is 4.79 Å². The van der Waals surface area contributed by atoms with Crippen LogP contribution in [0.25, 0.3) is 6.08 Å². The van der Waals surface area contributed by atoms with Crippen LogP contribution in [0.1, 0.15) is 74.2 Å². The van der Waals surface area contributed by atoms with Crippen molar-refractivity contribution in [2.75, 3.05) is 0 Å². The highest BCUT2D eigenvalue weighted by Gasteiger charge is 2.25. The minimum atomic E-state index is 0.0612. The van der Waals surface area contributed by atoms with Crippen LogP contribution in [0.2, 0.25) is 0 Å². The van der Waals surface area contributed by atoms with Crippen LogP contribution in [0.3, 0.4) is 0 Å². The molecule has 2 N–H and O–H groups in total. The maximum Gasteiger partial charge on any atom is 0.251 e. The molecule has 0 saturated carbocycles. The first-order valence-electron chi connectivity index (χ1n) is 10.6. The summed E-state index contributed by atoms with van der Waals surface area (Å²) in [4.78, 5) is 16.0. The molecule has 28 heavy (non-hydrogen) atoms. The highest BCUT2D eigenvalue weighted by Crippen LogP contribution is 2.30. The molecule has 2 aromatic rings. The van der Waals surface area contributed by atoms with Gasteiger partial charge in [0.25, 0.3) is 5.91 Å². The second kappa shape index (κ2) is 8.64. The Kier molecular flexibility index (Phi) is 6.23. The van der Waals surface area contributed by atoms with Crippen LogP contribution in [0.15, 0.2) is 41.1 Å². The molecule has 1 aromatic heterocycles. The molecule has 0 spiro atoms. The summed E-state index contributed by atoms with van der Waals surface area (Å²) in [5.74, 6) is 0.0612. The van der Waals surface area contributed by atoms with Crippen molar-refractivity contribution in [1.82, 2.24) is 10.3 Å². The summed E-state index contributed by atoms with van der Waals surface area (Å²) in [6.45, 7) is 10.8. The summed E-state index contributed by atoms with van der Waals surface area (Å²) < 4.78 is 0. The number of benzene rings is 1. The number of nitrogens with one attached hydrogen (secondary N) is 2. The van der Waals surface area contributed by atoms with Gasteiger partial charge in [-0.15, -0.1) is 0 Å². The third-order valence-electron chi connectivity index (χ3n) is 5.88. The predicted octanol–water partition coefficient (Wildman–Crippen LogP) is 5.63. The number of aryl methyl sites for hydroxylation is 1. The minimum absolute atomic E-state index is 0.0612. The van der Waals surface area contributed by atoms with Gasteiger partial charge in [-0.1, -0.05) is 52.0 Å². The second-order valence-corrected chi connectivity index (χ2v) is 7.46. The number of amides is 1. The van der Waals surface area contributed by atoms with E-state index in [1.165, 1.54) is 27.9 Å². The van der Waals surface area contributed by atoms with Crippen molar-refractivity contribution in [2.45, 2.75) is 66.7 Å². The van der Waals surface area contributed by atoms with Crippen molar-refractivity contribution in [3.63, 3.8) is 0 Å². The molecule has 1 aromatic carbocycles. The zero-order chi connectivity index (χ0) is 20.3. The molecule has 0 radical (unpaired) electrons. The SMILES string of the molecule is CCC1=C(CC)/C(=C\c2[nH]c(Cc3ccccc3C)c(CC)c2CC)NC1=O. The first-order chi connectivity index (χ1) is 13.5. The molecule has 0 bridgehead atoms. The molecule has 2 heterocycles. The summed E-state index contributed by atoms with van der Waals surface area (Å²) in [5.41, 5.74) is 10.9. The van der Waals surface area contributed by atoms with E-state index in [-0.39, 0.29) is 5.91 Å². The second-order valence-electron chi connectivity index (χ2n) is 7.46. The third-order valence-corrected chi connectivity index (χ3v) is 5.88. The Morgan fingerprint density at radius 3 is 2.18 bits per heavy atom. The van der Waals surface area contributed by atoms with E-state index in [1.54, 1.807) is 0 Å². The van der Waals surface area contributed by atoms with Gasteiger partial charge in [-0.3, -0.25) is 4.79 Å². The smallest absolute Gasteiger partial charge is 0.251 e. The van der Waals surface area contributed by atoms with Crippen molar-refractivity contribution in [2.24, 2.45) is 0 Å². The number of hydrogen-bond acceptors (Lipinski definition) is 1. The fourth-order valence-corrected chi connectivity index (χ4v) is 4.38. The normalized spacial score (nSPS) is 15.6. The lowest BCUT2D eigenvalue weighted by molar-refractivity contribution is -0.116. The van der Waals surface area contributed by atoms with Crippen LogP contribution in [0, 0.1) is 6.92 Å². The summed E-state index contributed by atoms with van der Waals surface area (Å²) in [5, 5.41) is 3.09. The van der Waals surface area contributed by atoms with Crippen molar-refractivity contribution >= 4 is 12.0 Å². The van der Waals surface area contributed by atoms with Gasteiger partial charge in [0.05, 0.1) is 0 Å². The van der Waals surface area contributed by atoms with Crippen molar-refractivity contribution in [3.05, 3.63) is 74.8 Å². The van der Waals surface area contributed by atoms with Gasteiger partial charge in [-0.05, 0) is 66.5 Å². The molecular formula is C25H32N2O. The average Bonchev–Trinajstić information content (AvgIpc) is 3.18. The maximum absolute atomic E-state index is 12.3. The van der Waals surface area contributed by atoms with Crippen LogP contribution in [0.4, 0.5) is 0 Å². The standard InChI is InChI=1S/C25H32N2O/c1-6-18-19(7-2)23(15-24-20(8-3)21(9-4)25(28)27-24)26-22(18)14-17-13-11-10-12-16(17)5/h10-13,15,26H,6-9,14H2,1-5H3,(H,27,28)/b24-15+. The van der Waals surface area contributed by atoms with E-state index in [2.05, 4.69) is 75.3 Å². The summed E-state index contributed by atoms with van der Waals surface area (Å²) >= 11 is 0. The maximum atomic E-state index is 12.3. The Balaban J connectivity index is 2.05. The predicted molar refractivity (Wildman–Crippen MR) is 117 cm³/mol. The molecule has 148 valence electrons. The number of rotatable bonds is 7. The van der Waals surface area contributed by atoms with Crippen LogP contribution in [0.5, 0.6) is 0 Å². The van der Waals surface area contributed by atoms with Crippen LogP contribution < -0.4 is 5.32 Å². The van der Waals surface area contributed by atoms with Gasteiger partial charge in [0.1, 0.15) is 0 Å². The van der Waals surface area contributed by atoms with Gasteiger partial charge in [0.15, 0.2) is 0 Å². The lowest BCUT2D eigenvalue weighted by Crippen LogP contribution is -2.16. The Morgan fingerprint density at radius 1 is 0.893 bits per heavy atom. The zero-order valence-corrected chi connectivity index (χ0v) is 17.8. The molecule has 3 heteroatoms. The fourth-order valence-electron chi connectivity index (χ4n) is 4.38. The number of aromatic nitrogens is 1. The Bertz CT molecular complexity index is 943. The number of H-pyrrole nitrogens is 1.